The summed E-state index contributed by atoms with van der Waals surface area (Å²) in [4.78, 5) is 8.74. The van der Waals surface area contributed by atoms with Crippen molar-refractivity contribution in [2.45, 2.75) is 20.8 Å². The summed E-state index contributed by atoms with van der Waals surface area (Å²) in [6, 6.07) is 10.1. The highest BCUT2D eigenvalue weighted by Crippen LogP contribution is 2.17. The number of hydrogen-bond acceptors (Lipinski definition) is 4. The van der Waals surface area contributed by atoms with Gasteiger partial charge in [0.15, 0.2) is 0 Å². The third kappa shape index (κ3) is 3.20. The van der Waals surface area contributed by atoms with E-state index in [1.165, 1.54) is 5.56 Å². The Kier molecular flexibility index (Phi) is 3.77. The van der Waals surface area contributed by atoms with Crippen LogP contribution < -0.4 is 10.6 Å². The second-order valence-electron chi connectivity index (χ2n) is 4.24. The first-order chi connectivity index (χ1) is 8.67. The second kappa shape index (κ2) is 5.49. The molecule has 1 heterocycles. The van der Waals surface area contributed by atoms with Crippen LogP contribution in [0.3, 0.4) is 0 Å². The maximum Gasteiger partial charge on any atom is 0.224 e. The van der Waals surface area contributed by atoms with Gasteiger partial charge in [-0.3, -0.25) is 0 Å². The number of aromatic nitrogens is 2. The van der Waals surface area contributed by atoms with Gasteiger partial charge in [-0.2, -0.15) is 4.98 Å². The maximum absolute atomic E-state index is 4.41. The van der Waals surface area contributed by atoms with Gasteiger partial charge in [-0.05, 0) is 38.5 Å². The average molecular weight is 242 g/mol. The molecular weight excluding hydrogens is 224 g/mol. The first kappa shape index (κ1) is 12.4. The molecule has 2 rings (SSSR count). The van der Waals surface area contributed by atoms with Gasteiger partial charge in [0.2, 0.25) is 5.95 Å². The van der Waals surface area contributed by atoms with Crippen LogP contribution in [0.15, 0.2) is 30.3 Å². The number of aryl methyl sites for hydroxylation is 2. The maximum atomic E-state index is 4.41. The Morgan fingerprint density at radius 1 is 1.11 bits per heavy atom. The van der Waals surface area contributed by atoms with Crippen molar-refractivity contribution in [2.75, 3.05) is 17.2 Å². The van der Waals surface area contributed by atoms with Gasteiger partial charge in [0, 0.05) is 24.0 Å². The average Bonchev–Trinajstić information content (AvgIpc) is 2.28. The predicted octanol–water partition coefficient (Wildman–Crippen LogP) is 3.27. The molecule has 0 spiro atoms. The van der Waals surface area contributed by atoms with Gasteiger partial charge in [0.1, 0.15) is 5.82 Å². The van der Waals surface area contributed by atoms with Gasteiger partial charge < -0.3 is 10.6 Å². The quantitative estimate of drug-likeness (QED) is 0.864. The molecule has 1 aromatic heterocycles. The number of benzene rings is 1. The van der Waals surface area contributed by atoms with E-state index >= 15 is 0 Å². The number of nitrogens with one attached hydrogen (secondary N) is 2. The van der Waals surface area contributed by atoms with E-state index in [1.54, 1.807) is 0 Å². The summed E-state index contributed by atoms with van der Waals surface area (Å²) in [5, 5.41) is 6.42. The Labute approximate surface area is 107 Å². The molecule has 0 radical (unpaired) electrons. The van der Waals surface area contributed by atoms with Crippen molar-refractivity contribution < 1.29 is 0 Å². The summed E-state index contributed by atoms with van der Waals surface area (Å²) in [7, 11) is 0. The Morgan fingerprint density at radius 2 is 1.94 bits per heavy atom. The second-order valence-corrected chi connectivity index (χ2v) is 4.24. The van der Waals surface area contributed by atoms with E-state index in [0.29, 0.717) is 5.95 Å². The molecule has 0 amide bonds. The minimum absolute atomic E-state index is 0.660. The van der Waals surface area contributed by atoms with Gasteiger partial charge >= 0.3 is 0 Å². The minimum Gasteiger partial charge on any atom is -0.354 e. The molecule has 94 valence electrons. The van der Waals surface area contributed by atoms with Crippen molar-refractivity contribution in [1.82, 2.24) is 9.97 Å². The monoisotopic (exact) mass is 242 g/mol. The molecule has 4 nitrogen and oxygen atoms in total. The summed E-state index contributed by atoms with van der Waals surface area (Å²) in [6.07, 6.45) is 0. The number of hydrogen-bond donors (Lipinski definition) is 2. The van der Waals surface area contributed by atoms with E-state index in [0.717, 1.165) is 23.7 Å². The Hall–Kier alpha value is -2.10. The molecular formula is C14H18N4. The summed E-state index contributed by atoms with van der Waals surface area (Å²) in [6.45, 7) is 6.87. The summed E-state index contributed by atoms with van der Waals surface area (Å²) >= 11 is 0. The van der Waals surface area contributed by atoms with Crippen molar-refractivity contribution in [3.05, 3.63) is 41.6 Å². The van der Waals surface area contributed by atoms with Crippen LogP contribution in [-0.4, -0.2) is 16.5 Å². The van der Waals surface area contributed by atoms with Crippen molar-refractivity contribution in [3.8, 4) is 0 Å². The van der Waals surface area contributed by atoms with Crippen LogP contribution in [0.5, 0.6) is 0 Å². The van der Waals surface area contributed by atoms with Crippen molar-refractivity contribution in [2.24, 2.45) is 0 Å². The smallest absolute Gasteiger partial charge is 0.224 e. The summed E-state index contributed by atoms with van der Waals surface area (Å²) in [5.41, 5.74) is 3.20. The van der Waals surface area contributed by atoms with Crippen LogP contribution >= 0.6 is 0 Å². The molecule has 0 aliphatic rings. The first-order valence-electron chi connectivity index (χ1n) is 6.10. The van der Waals surface area contributed by atoms with Crippen LogP contribution in [0.2, 0.25) is 0 Å². The van der Waals surface area contributed by atoms with Gasteiger partial charge in [-0.25, -0.2) is 4.98 Å². The van der Waals surface area contributed by atoms with Gasteiger partial charge in [0.25, 0.3) is 0 Å². The van der Waals surface area contributed by atoms with Gasteiger partial charge in [-0.1, -0.05) is 12.1 Å². The lowest BCUT2D eigenvalue weighted by atomic mass is 10.2. The lowest BCUT2D eigenvalue weighted by molar-refractivity contribution is 1.05. The zero-order valence-electron chi connectivity index (χ0n) is 11.0. The van der Waals surface area contributed by atoms with E-state index in [1.807, 2.05) is 32.0 Å². The van der Waals surface area contributed by atoms with E-state index in [2.05, 4.69) is 39.7 Å². The van der Waals surface area contributed by atoms with E-state index in [9.17, 15) is 0 Å². The first-order valence-corrected chi connectivity index (χ1v) is 6.10. The molecule has 0 bridgehead atoms. The van der Waals surface area contributed by atoms with E-state index in [4.69, 9.17) is 0 Å². The minimum atomic E-state index is 0.660. The Bertz CT molecular complexity index is 537. The topological polar surface area (TPSA) is 49.8 Å². The van der Waals surface area contributed by atoms with Crippen molar-refractivity contribution in [1.29, 1.82) is 0 Å². The lowest BCUT2D eigenvalue weighted by Gasteiger charge is -2.09. The fourth-order valence-electron chi connectivity index (χ4n) is 1.74. The molecule has 2 N–H and O–H groups in total. The number of anilines is 3. The SMILES string of the molecule is CCNc1nc(C)cc(Nc2cccc(C)c2)n1. The highest BCUT2D eigenvalue weighted by molar-refractivity contribution is 5.58. The van der Waals surface area contributed by atoms with Crippen LogP contribution in [-0.2, 0) is 0 Å². The fourth-order valence-corrected chi connectivity index (χ4v) is 1.74. The molecule has 0 aliphatic heterocycles. The molecule has 0 saturated heterocycles. The van der Waals surface area contributed by atoms with Gasteiger partial charge in [0.05, 0.1) is 0 Å². The van der Waals surface area contributed by atoms with Crippen LogP contribution in [0.4, 0.5) is 17.5 Å². The standard InChI is InChI=1S/C14H18N4/c1-4-15-14-16-11(3)9-13(18-14)17-12-7-5-6-10(2)8-12/h5-9H,4H2,1-3H3,(H2,15,16,17,18). The third-order valence-corrected chi connectivity index (χ3v) is 2.48. The molecule has 0 fully saturated rings. The number of rotatable bonds is 4. The molecule has 18 heavy (non-hydrogen) atoms. The summed E-state index contributed by atoms with van der Waals surface area (Å²) < 4.78 is 0. The molecule has 0 saturated carbocycles. The lowest BCUT2D eigenvalue weighted by Crippen LogP contribution is -2.05. The predicted molar refractivity (Wildman–Crippen MR) is 75.4 cm³/mol. The molecule has 2 aromatic rings. The normalized spacial score (nSPS) is 10.2. The zero-order chi connectivity index (χ0) is 13.0. The highest BCUT2D eigenvalue weighted by Gasteiger charge is 2.01. The molecule has 0 aliphatic carbocycles. The summed E-state index contributed by atoms with van der Waals surface area (Å²) in [5.74, 6) is 1.47. The number of nitrogens with zero attached hydrogens (tertiary/aromatic N) is 2. The molecule has 1 aromatic carbocycles. The fraction of sp³-hybridized carbons (Fsp3) is 0.286. The molecule has 0 atom stereocenters. The third-order valence-electron chi connectivity index (χ3n) is 2.48. The van der Waals surface area contributed by atoms with Crippen molar-refractivity contribution >= 4 is 17.5 Å². The van der Waals surface area contributed by atoms with Gasteiger partial charge in [-0.15, -0.1) is 0 Å². The van der Waals surface area contributed by atoms with Crippen LogP contribution in [0, 0.1) is 13.8 Å². The highest BCUT2D eigenvalue weighted by atomic mass is 15.1. The molecule has 0 unspecified atom stereocenters. The zero-order valence-corrected chi connectivity index (χ0v) is 11.0. The van der Waals surface area contributed by atoms with E-state index < -0.39 is 0 Å². The van der Waals surface area contributed by atoms with Crippen LogP contribution in [0.25, 0.3) is 0 Å². The Morgan fingerprint density at radius 3 is 2.67 bits per heavy atom. The van der Waals surface area contributed by atoms with Crippen LogP contribution in [0.1, 0.15) is 18.2 Å². The Balaban J connectivity index is 2.23. The largest absolute Gasteiger partial charge is 0.354 e. The molecule has 4 heteroatoms. The van der Waals surface area contributed by atoms with E-state index in [-0.39, 0.29) is 0 Å². The van der Waals surface area contributed by atoms with Crippen molar-refractivity contribution in [3.63, 3.8) is 0 Å².